The zero-order chi connectivity index (χ0) is 14.4. The van der Waals surface area contributed by atoms with Gasteiger partial charge < -0.3 is 20.5 Å². The first-order chi connectivity index (χ1) is 9.70. The second kappa shape index (κ2) is 7.09. The molecular formula is C14H20FN3O2. The molecule has 0 atom stereocenters. The van der Waals surface area contributed by atoms with Crippen molar-refractivity contribution >= 4 is 5.96 Å². The van der Waals surface area contributed by atoms with Gasteiger partial charge in [0.1, 0.15) is 11.6 Å². The van der Waals surface area contributed by atoms with Crippen molar-refractivity contribution in [2.45, 2.75) is 26.4 Å². The number of nitrogens with one attached hydrogen (secondary N) is 1. The SMILES string of the molecule is CCCN=C(N)NCCc1cc(F)cc2c1OCOC2. The Kier molecular flexibility index (Phi) is 5.17. The molecule has 20 heavy (non-hydrogen) atoms. The molecule has 1 aliphatic rings. The largest absolute Gasteiger partial charge is 0.467 e. The molecule has 0 aliphatic carbocycles. The smallest absolute Gasteiger partial charge is 0.189 e. The van der Waals surface area contributed by atoms with Crippen molar-refractivity contribution in [2.24, 2.45) is 10.7 Å². The number of hydrogen-bond acceptors (Lipinski definition) is 3. The van der Waals surface area contributed by atoms with E-state index in [-0.39, 0.29) is 12.6 Å². The van der Waals surface area contributed by atoms with Crippen LogP contribution in [-0.4, -0.2) is 25.8 Å². The predicted octanol–water partition coefficient (Wildman–Crippen LogP) is 1.55. The summed E-state index contributed by atoms with van der Waals surface area (Å²) in [5.41, 5.74) is 7.27. The molecule has 0 bridgehead atoms. The van der Waals surface area contributed by atoms with Gasteiger partial charge in [-0.1, -0.05) is 6.92 Å². The first-order valence-corrected chi connectivity index (χ1v) is 6.76. The van der Waals surface area contributed by atoms with Crippen molar-refractivity contribution in [3.05, 3.63) is 29.1 Å². The van der Waals surface area contributed by atoms with Crippen molar-refractivity contribution < 1.29 is 13.9 Å². The predicted molar refractivity (Wildman–Crippen MR) is 75.2 cm³/mol. The molecule has 0 fully saturated rings. The van der Waals surface area contributed by atoms with E-state index >= 15 is 0 Å². The summed E-state index contributed by atoms with van der Waals surface area (Å²) in [5.74, 6) is 0.866. The van der Waals surface area contributed by atoms with Gasteiger partial charge in [0, 0.05) is 18.7 Å². The number of halogens is 1. The van der Waals surface area contributed by atoms with Crippen LogP contribution < -0.4 is 15.8 Å². The van der Waals surface area contributed by atoms with Gasteiger partial charge >= 0.3 is 0 Å². The van der Waals surface area contributed by atoms with Crippen LogP contribution in [0.5, 0.6) is 5.75 Å². The van der Waals surface area contributed by atoms with E-state index in [0.717, 1.165) is 23.3 Å². The Morgan fingerprint density at radius 1 is 1.50 bits per heavy atom. The van der Waals surface area contributed by atoms with Crippen LogP contribution in [0, 0.1) is 5.82 Å². The molecule has 1 aromatic rings. The Morgan fingerprint density at radius 2 is 2.35 bits per heavy atom. The molecule has 2 rings (SSSR count). The highest BCUT2D eigenvalue weighted by atomic mass is 19.1. The van der Waals surface area contributed by atoms with E-state index in [1.54, 1.807) is 0 Å². The average molecular weight is 281 g/mol. The molecule has 0 saturated carbocycles. The number of nitrogens with zero attached hydrogens (tertiary/aromatic N) is 1. The van der Waals surface area contributed by atoms with E-state index in [4.69, 9.17) is 15.2 Å². The van der Waals surface area contributed by atoms with E-state index in [9.17, 15) is 4.39 Å². The molecule has 1 heterocycles. The number of hydrogen-bond donors (Lipinski definition) is 2. The van der Waals surface area contributed by atoms with E-state index in [2.05, 4.69) is 10.3 Å². The molecule has 0 aromatic heterocycles. The van der Waals surface area contributed by atoms with Gasteiger partial charge in [0.2, 0.25) is 0 Å². The Bertz CT molecular complexity index is 492. The molecule has 0 spiro atoms. The molecule has 1 aliphatic heterocycles. The van der Waals surface area contributed by atoms with Crippen LogP contribution in [0.15, 0.2) is 17.1 Å². The van der Waals surface area contributed by atoms with Crippen LogP contribution >= 0.6 is 0 Å². The normalized spacial score (nSPS) is 14.6. The Hall–Kier alpha value is -1.82. The van der Waals surface area contributed by atoms with Crippen molar-refractivity contribution in [3.63, 3.8) is 0 Å². The number of guanidine groups is 1. The van der Waals surface area contributed by atoms with Gasteiger partial charge in [-0.3, -0.25) is 4.99 Å². The Labute approximate surface area is 118 Å². The van der Waals surface area contributed by atoms with Crippen LogP contribution in [0.25, 0.3) is 0 Å². The van der Waals surface area contributed by atoms with Gasteiger partial charge in [-0.15, -0.1) is 0 Å². The molecular weight excluding hydrogens is 261 g/mol. The maximum Gasteiger partial charge on any atom is 0.189 e. The highest BCUT2D eigenvalue weighted by Gasteiger charge is 2.16. The molecule has 0 radical (unpaired) electrons. The summed E-state index contributed by atoms with van der Waals surface area (Å²) in [6.07, 6.45) is 1.57. The first-order valence-electron chi connectivity index (χ1n) is 6.76. The third kappa shape index (κ3) is 3.84. The summed E-state index contributed by atoms with van der Waals surface area (Å²) in [5, 5.41) is 3.01. The summed E-state index contributed by atoms with van der Waals surface area (Å²) in [6.45, 7) is 3.91. The first kappa shape index (κ1) is 14.6. The van der Waals surface area contributed by atoms with E-state index in [1.165, 1.54) is 12.1 Å². The number of aliphatic imine (C=N–C) groups is 1. The number of fused-ring (bicyclic) bond motifs is 1. The molecule has 0 saturated heterocycles. The fourth-order valence-electron chi connectivity index (χ4n) is 2.06. The van der Waals surface area contributed by atoms with Crippen LogP contribution in [0.1, 0.15) is 24.5 Å². The van der Waals surface area contributed by atoms with E-state index < -0.39 is 0 Å². The van der Waals surface area contributed by atoms with Crippen LogP contribution in [-0.2, 0) is 17.8 Å². The second-order valence-corrected chi connectivity index (χ2v) is 4.61. The van der Waals surface area contributed by atoms with Gasteiger partial charge in [0.15, 0.2) is 12.8 Å². The van der Waals surface area contributed by atoms with Crippen molar-refractivity contribution in [1.29, 1.82) is 0 Å². The van der Waals surface area contributed by atoms with Gasteiger partial charge in [0.25, 0.3) is 0 Å². The van der Waals surface area contributed by atoms with Crippen LogP contribution in [0.2, 0.25) is 0 Å². The molecule has 1 aromatic carbocycles. The summed E-state index contributed by atoms with van der Waals surface area (Å²) in [4.78, 5) is 4.14. The molecule has 5 nitrogen and oxygen atoms in total. The Balaban J connectivity index is 1.97. The molecule has 6 heteroatoms. The number of nitrogens with two attached hydrogens (primary N) is 1. The summed E-state index contributed by atoms with van der Waals surface area (Å²) < 4.78 is 24.1. The zero-order valence-electron chi connectivity index (χ0n) is 11.6. The monoisotopic (exact) mass is 281 g/mol. The van der Waals surface area contributed by atoms with E-state index in [1.807, 2.05) is 6.92 Å². The lowest BCUT2D eigenvalue weighted by Gasteiger charge is -2.21. The highest BCUT2D eigenvalue weighted by molar-refractivity contribution is 5.77. The van der Waals surface area contributed by atoms with Crippen molar-refractivity contribution in [1.82, 2.24) is 5.32 Å². The maximum atomic E-state index is 13.5. The van der Waals surface area contributed by atoms with Crippen molar-refractivity contribution in [3.8, 4) is 5.75 Å². The number of ether oxygens (including phenoxy) is 2. The lowest BCUT2D eigenvalue weighted by Crippen LogP contribution is -2.33. The minimum atomic E-state index is -0.277. The van der Waals surface area contributed by atoms with Crippen LogP contribution in [0.4, 0.5) is 4.39 Å². The van der Waals surface area contributed by atoms with Gasteiger partial charge in [0.05, 0.1) is 6.61 Å². The van der Waals surface area contributed by atoms with Gasteiger partial charge in [-0.2, -0.15) is 0 Å². The minimum Gasteiger partial charge on any atom is -0.467 e. The standard InChI is InChI=1S/C14H20FN3O2/c1-2-4-17-14(16)18-5-3-10-6-12(15)7-11-8-19-9-20-13(10)11/h6-7H,2-5,8-9H2,1H3,(H3,16,17,18). The maximum absolute atomic E-state index is 13.5. The van der Waals surface area contributed by atoms with Crippen LogP contribution in [0.3, 0.4) is 0 Å². The summed E-state index contributed by atoms with van der Waals surface area (Å²) in [7, 11) is 0. The van der Waals surface area contributed by atoms with Crippen molar-refractivity contribution in [2.75, 3.05) is 19.9 Å². The Morgan fingerprint density at radius 3 is 3.15 bits per heavy atom. The average Bonchev–Trinajstić information content (AvgIpc) is 2.45. The summed E-state index contributed by atoms with van der Waals surface area (Å²) in [6, 6.07) is 2.94. The molecule has 0 unspecified atom stereocenters. The van der Waals surface area contributed by atoms with Gasteiger partial charge in [-0.05, 0) is 30.5 Å². The fraction of sp³-hybridized carbons (Fsp3) is 0.500. The minimum absolute atomic E-state index is 0.207. The molecule has 0 amide bonds. The number of benzene rings is 1. The third-order valence-electron chi connectivity index (χ3n) is 2.96. The topological polar surface area (TPSA) is 68.9 Å². The fourth-order valence-corrected chi connectivity index (χ4v) is 2.06. The highest BCUT2D eigenvalue weighted by Crippen LogP contribution is 2.29. The zero-order valence-corrected chi connectivity index (χ0v) is 11.6. The lowest BCUT2D eigenvalue weighted by atomic mass is 10.1. The quantitative estimate of drug-likeness (QED) is 0.634. The second-order valence-electron chi connectivity index (χ2n) is 4.61. The lowest BCUT2D eigenvalue weighted by molar-refractivity contribution is -0.0172. The summed E-state index contributed by atoms with van der Waals surface area (Å²) >= 11 is 0. The van der Waals surface area contributed by atoms with Gasteiger partial charge in [-0.25, -0.2) is 4.39 Å². The molecule has 3 N–H and O–H groups in total. The third-order valence-corrected chi connectivity index (χ3v) is 2.96. The van der Waals surface area contributed by atoms with E-state index in [0.29, 0.717) is 32.1 Å². The number of rotatable bonds is 5. The molecule has 110 valence electrons.